The van der Waals surface area contributed by atoms with Crippen LogP contribution in [0.3, 0.4) is 0 Å². The zero-order valence-electron chi connectivity index (χ0n) is 21.4. The van der Waals surface area contributed by atoms with Crippen LogP contribution in [0.1, 0.15) is 26.3 Å². The van der Waals surface area contributed by atoms with Crippen LogP contribution < -0.4 is 11.1 Å². The quantitative estimate of drug-likeness (QED) is 0.103. The highest BCUT2D eigenvalue weighted by Gasteiger charge is 2.26. The summed E-state index contributed by atoms with van der Waals surface area (Å²) in [6.45, 7) is 5.33. The number of sulfone groups is 1. The number of carbonyl (C=O) groups is 1. The Morgan fingerprint density at radius 3 is 2.74 bits per heavy atom. The molecular weight excluding hydrogens is 629 g/mol. The van der Waals surface area contributed by atoms with Crippen LogP contribution in [-0.2, 0) is 21.1 Å². The summed E-state index contributed by atoms with van der Waals surface area (Å²) in [4.78, 5) is 20.5. The second kappa shape index (κ2) is 11.3. The minimum absolute atomic E-state index is 0.0344. The molecule has 1 amide bonds. The monoisotopic (exact) mass is 653 g/mol. The molecule has 206 valence electrons. The van der Waals surface area contributed by atoms with Gasteiger partial charge in [0, 0.05) is 15.7 Å². The molecule has 2 aromatic carbocycles. The molecule has 0 saturated heterocycles. The van der Waals surface area contributed by atoms with Crippen LogP contribution in [0.25, 0.3) is 11.0 Å². The third kappa shape index (κ3) is 6.62. The molecular formula is C25H25BrFN5O4S3. The molecule has 9 nitrogen and oxygen atoms in total. The smallest absolute Gasteiger partial charge is 0.412 e. The van der Waals surface area contributed by atoms with Gasteiger partial charge < -0.3 is 15.0 Å². The number of aromatic nitrogens is 2. The van der Waals surface area contributed by atoms with E-state index in [9.17, 15) is 17.6 Å². The van der Waals surface area contributed by atoms with Gasteiger partial charge in [-0.15, -0.1) is 23.1 Å². The van der Waals surface area contributed by atoms with Crippen LogP contribution in [0.15, 0.2) is 66.2 Å². The average Bonchev–Trinajstić information content (AvgIpc) is 3.45. The molecule has 0 atom stereocenters. The van der Waals surface area contributed by atoms with Crippen LogP contribution in [0.5, 0.6) is 0 Å². The van der Waals surface area contributed by atoms with E-state index in [4.69, 9.17) is 10.5 Å². The number of nitrogen functional groups attached to an aromatic ring is 1. The number of thiophene rings is 1. The number of thioether (sulfide) groups is 1. The summed E-state index contributed by atoms with van der Waals surface area (Å²) in [6.07, 6.45) is 3.79. The van der Waals surface area contributed by atoms with Crippen molar-refractivity contribution in [3.8, 4) is 0 Å². The first-order valence-corrected chi connectivity index (χ1v) is 15.7. The molecule has 0 unspecified atom stereocenters. The molecule has 0 bridgehead atoms. The van der Waals surface area contributed by atoms with Crippen LogP contribution >= 0.6 is 39.0 Å². The van der Waals surface area contributed by atoms with Gasteiger partial charge in [-0.1, -0.05) is 0 Å². The van der Waals surface area contributed by atoms with Crippen molar-refractivity contribution >= 4 is 83.0 Å². The molecule has 14 heteroatoms. The molecule has 0 saturated carbocycles. The number of fused-ring (bicyclic) bond motifs is 1. The van der Waals surface area contributed by atoms with Crippen LogP contribution in [0.2, 0.25) is 0 Å². The Kier molecular flexibility index (Phi) is 8.40. The van der Waals surface area contributed by atoms with E-state index in [0.717, 1.165) is 6.34 Å². The van der Waals surface area contributed by atoms with E-state index in [1.165, 1.54) is 65.8 Å². The number of ether oxygens (including phenoxy) is 1. The second-order valence-electron chi connectivity index (χ2n) is 9.34. The van der Waals surface area contributed by atoms with E-state index < -0.39 is 27.3 Å². The minimum atomic E-state index is -3.98. The van der Waals surface area contributed by atoms with Crippen molar-refractivity contribution in [2.45, 2.75) is 46.9 Å². The highest BCUT2D eigenvalue weighted by molar-refractivity contribution is 9.10. The lowest BCUT2D eigenvalue weighted by Gasteiger charge is -2.18. The van der Waals surface area contributed by atoms with Gasteiger partial charge in [-0.25, -0.2) is 27.6 Å². The van der Waals surface area contributed by atoms with Crippen molar-refractivity contribution in [3.63, 3.8) is 0 Å². The number of nitrogens with one attached hydrogen (secondary N) is 1. The summed E-state index contributed by atoms with van der Waals surface area (Å²) in [7, 11) is -3.98. The Bertz CT molecular complexity index is 1690. The summed E-state index contributed by atoms with van der Waals surface area (Å²) in [6, 6.07) is 8.76. The van der Waals surface area contributed by atoms with E-state index in [0.29, 0.717) is 36.0 Å². The molecule has 2 heterocycles. The number of carbonyl (C=O) groups excluding carboxylic acids is 1. The van der Waals surface area contributed by atoms with Crippen molar-refractivity contribution in [1.82, 2.24) is 14.9 Å². The third-order valence-corrected chi connectivity index (χ3v) is 10.1. The van der Waals surface area contributed by atoms with E-state index in [-0.39, 0.29) is 16.3 Å². The first-order valence-electron chi connectivity index (χ1n) is 11.4. The third-order valence-electron chi connectivity index (χ3n) is 5.27. The Labute approximate surface area is 241 Å². The van der Waals surface area contributed by atoms with E-state index in [1.54, 1.807) is 31.6 Å². The first-order chi connectivity index (χ1) is 18.3. The maximum absolute atomic E-state index is 14.4. The Morgan fingerprint density at radius 1 is 1.31 bits per heavy atom. The van der Waals surface area contributed by atoms with Gasteiger partial charge in [0.15, 0.2) is 0 Å². The zero-order chi connectivity index (χ0) is 28.5. The predicted molar refractivity (Wildman–Crippen MR) is 156 cm³/mol. The number of aliphatic imine (C=N–C) groups is 1. The number of nitrogens with zero attached hydrogens (tertiary/aromatic N) is 3. The fraction of sp³-hybridized carbons (Fsp3) is 0.240. The largest absolute Gasteiger partial charge is 0.444 e. The summed E-state index contributed by atoms with van der Waals surface area (Å²) < 4.78 is 49.8. The number of alkyl carbamates (subject to hydrolysis) is 1. The maximum atomic E-state index is 14.4. The predicted octanol–water partition coefficient (Wildman–Crippen LogP) is 6.37. The van der Waals surface area contributed by atoms with E-state index in [2.05, 4.69) is 31.2 Å². The number of benzene rings is 2. The molecule has 0 fully saturated rings. The summed E-state index contributed by atoms with van der Waals surface area (Å²) >= 11 is 5.88. The van der Waals surface area contributed by atoms with Gasteiger partial charge in [0.05, 0.1) is 38.7 Å². The highest BCUT2D eigenvalue weighted by Crippen LogP contribution is 2.41. The first kappa shape index (κ1) is 29.1. The second-order valence-corrected chi connectivity index (χ2v) is 14.2. The van der Waals surface area contributed by atoms with E-state index >= 15 is 0 Å². The summed E-state index contributed by atoms with van der Waals surface area (Å²) in [5.74, 6) is -0.425. The van der Waals surface area contributed by atoms with Crippen molar-refractivity contribution in [2.24, 2.45) is 4.99 Å². The maximum Gasteiger partial charge on any atom is 0.412 e. The standard InChI is InChI=1S/C25H25BrFN5O4S3/c1-25(2,3)36-24(33)30-12-29-21-10-20(23(37-4)38-21)39(34,35)16-8-17(26)22-19(9-16)32(13-31-22)11-14-7-15(28)5-6-18(14)27/h5-10,12-13H,11,28H2,1-4H3,(H,29,30,33). The summed E-state index contributed by atoms with van der Waals surface area (Å²) in [5.41, 5.74) is 6.96. The number of anilines is 1. The molecule has 0 spiro atoms. The lowest BCUT2D eigenvalue weighted by atomic mass is 10.2. The van der Waals surface area contributed by atoms with Crippen molar-refractivity contribution in [2.75, 3.05) is 12.0 Å². The van der Waals surface area contributed by atoms with Gasteiger partial charge in [0.1, 0.15) is 21.9 Å². The van der Waals surface area contributed by atoms with Crippen molar-refractivity contribution < 1.29 is 22.3 Å². The molecule has 0 radical (unpaired) electrons. The number of halogens is 2. The molecule has 0 aliphatic carbocycles. The normalized spacial score (nSPS) is 12.4. The number of rotatable bonds is 7. The van der Waals surface area contributed by atoms with E-state index in [1.807, 2.05) is 0 Å². The lowest BCUT2D eigenvalue weighted by molar-refractivity contribution is 0.0565. The number of amides is 1. The molecule has 2 aromatic heterocycles. The van der Waals surface area contributed by atoms with Gasteiger partial charge in [0.25, 0.3) is 0 Å². The SMILES string of the molecule is CSc1sc(N=CNC(=O)OC(C)(C)C)cc1S(=O)(=O)c1cc(Br)c2ncn(Cc3cc(N)ccc3F)c2c1. The Balaban J connectivity index is 1.67. The highest BCUT2D eigenvalue weighted by atomic mass is 79.9. The minimum Gasteiger partial charge on any atom is -0.444 e. The van der Waals surface area contributed by atoms with Crippen molar-refractivity contribution in [3.05, 3.63) is 58.6 Å². The molecule has 4 aromatic rings. The number of nitrogens with two attached hydrogens (primary N) is 1. The Morgan fingerprint density at radius 2 is 2.05 bits per heavy atom. The van der Waals surface area contributed by atoms with Gasteiger partial charge >= 0.3 is 6.09 Å². The molecule has 3 N–H and O–H groups in total. The molecule has 39 heavy (non-hydrogen) atoms. The fourth-order valence-corrected chi connectivity index (χ4v) is 8.17. The molecule has 4 rings (SSSR count). The topological polar surface area (TPSA) is 129 Å². The van der Waals surface area contributed by atoms with Crippen LogP contribution in [-0.4, -0.2) is 42.3 Å². The Hall–Kier alpha value is -2.94. The van der Waals surface area contributed by atoms with Gasteiger partial charge in [-0.05, 0) is 79.4 Å². The van der Waals surface area contributed by atoms with Gasteiger partial charge in [0.2, 0.25) is 9.84 Å². The number of imidazole rings is 1. The van der Waals surface area contributed by atoms with Crippen molar-refractivity contribution in [1.29, 1.82) is 0 Å². The zero-order valence-corrected chi connectivity index (χ0v) is 25.4. The van der Waals surface area contributed by atoms with Gasteiger partial charge in [-0.2, -0.15) is 0 Å². The molecule has 0 aliphatic heterocycles. The number of hydrogen-bond donors (Lipinski definition) is 2. The number of hydrogen-bond acceptors (Lipinski definition) is 9. The van der Waals surface area contributed by atoms with Crippen LogP contribution in [0, 0.1) is 5.82 Å². The fourth-order valence-electron chi connectivity index (χ4n) is 3.60. The summed E-state index contributed by atoms with van der Waals surface area (Å²) in [5, 5.41) is 2.80. The van der Waals surface area contributed by atoms with Gasteiger partial charge in [-0.3, -0.25) is 5.32 Å². The lowest BCUT2D eigenvalue weighted by Crippen LogP contribution is -2.31. The molecule has 0 aliphatic rings. The van der Waals surface area contributed by atoms with Crippen LogP contribution in [0.4, 0.5) is 19.9 Å². The average molecular weight is 655 g/mol.